The number of nitrogens with one attached hydrogen (secondary N) is 2. The lowest BCUT2D eigenvalue weighted by Crippen LogP contribution is -2.41. The van der Waals surface area contributed by atoms with E-state index in [1.165, 1.54) is 0 Å². The Balaban J connectivity index is 2.29. The Labute approximate surface area is 120 Å². The van der Waals surface area contributed by atoms with Crippen LogP contribution in [0.2, 0.25) is 0 Å². The van der Waals surface area contributed by atoms with Gasteiger partial charge in [0.25, 0.3) is 0 Å². The van der Waals surface area contributed by atoms with Crippen LogP contribution in [0.3, 0.4) is 0 Å². The molecule has 0 aliphatic carbocycles. The number of alkyl carbamates (subject to hydrolysis) is 1. The maximum Gasteiger partial charge on any atom is 0.407 e. The number of phenolic OH excluding ortho intramolecular Hbond substituents is 1. The maximum atomic E-state index is 11.5. The van der Waals surface area contributed by atoms with Gasteiger partial charge in [-0.2, -0.15) is 0 Å². The van der Waals surface area contributed by atoms with E-state index in [9.17, 15) is 9.90 Å². The van der Waals surface area contributed by atoms with Gasteiger partial charge in [0.15, 0.2) is 0 Å². The number of para-hydroxylation sites is 1. The number of aromatic hydroxyl groups is 1. The van der Waals surface area contributed by atoms with Gasteiger partial charge in [-0.25, -0.2) is 4.79 Å². The Morgan fingerprint density at radius 3 is 2.60 bits per heavy atom. The Kier molecular flexibility index (Phi) is 5.82. The second-order valence-corrected chi connectivity index (χ2v) is 5.79. The van der Waals surface area contributed by atoms with Gasteiger partial charge in [-0.05, 0) is 33.8 Å². The third kappa shape index (κ3) is 6.43. The summed E-state index contributed by atoms with van der Waals surface area (Å²) in [6.07, 6.45) is -0.422. The second-order valence-electron chi connectivity index (χ2n) is 5.79. The Bertz CT molecular complexity index is 441. The van der Waals surface area contributed by atoms with E-state index in [-0.39, 0.29) is 11.8 Å². The summed E-state index contributed by atoms with van der Waals surface area (Å²) in [7, 11) is 0. The third-order valence-electron chi connectivity index (χ3n) is 2.58. The summed E-state index contributed by atoms with van der Waals surface area (Å²) in [5.74, 6) is 0.271. The van der Waals surface area contributed by atoms with Crippen LogP contribution in [0.25, 0.3) is 0 Å². The molecule has 1 aromatic carbocycles. The van der Waals surface area contributed by atoms with Gasteiger partial charge >= 0.3 is 6.09 Å². The summed E-state index contributed by atoms with van der Waals surface area (Å²) < 4.78 is 5.15. The molecule has 0 radical (unpaired) electrons. The molecule has 0 fully saturated rings. The van der Waals surface area contributed by atoms with Crippen molar-refractivity contribution in [2.24, 2.45) is 0 Å². The van der Waals surface area contributed by atoms with Crippen LogP contribution in [0, 0.1) is 0 Å². The van der Waals surface area contributed by atoms with Gasteiger partial charge in [0, 0.05) is 24.7 Å². The molecule has 0 saturated carbocycles. The predicted octanol–water partition coefficient (Wildman–Crippen LogP) is 2.40. The van der Waals surface area contributed by atoms with E-state index in [4.69, 9.17) is 4.74 Å². The molecular weight excluding hydrogens is 256 g/mol. The van der Waals surface area contributed by atoms with Crippen LogP contribution in [0.4, 0.5) is 4.79 Å². The number of benzene rings is 1. The molecule has 5 nitrogen and oxygen atoms in total. The van der Waals surface area contributed by atoms with Crippen molar-refractivity contribution in [2.75, 3.05) is 6.54 Å². The van der Waals surface area contributed by atoms with Gasteiger partial charge in [-0.1, -0.05) is 18.2 Å². The third-order valence-corrected chi connectivity index (χ3v) is 2.58. The number of phenols is 1. The molecule has 3 N–H and O–H groups in total. The maximum absolute atomic E-state index is 11.5. The molecule has 1 aromatic rings. The Hall–Kier alpha value is -1.75. The van der Waals surface area contributed by atoms with Gasteiger partial charge in [-0.3, -0.25) is 0 Å². The molecule has 1 unspecified atom stereocenters. The quantitative estimate of drug-likeness (QED) is 0.774. The van der Waals surface area contributed by atoms with Crippen LogP contribution in [-0.2, 0) is 11.3 Å². The molecule has 0 aliphatic heterocycles. The van der Waals surface area contributed by atoms with Gasteiger partial charge < -0.3 is 20.5 Å². The summed E-state index contributed by atoms with van der Waals surface area (Å²) in [6, 6.07) is 7.24. The van der Waals surface area contributed by atoms with E-state index in [0.717, 1.165) is 5.56 Å². The average molecular weight is 280 g/mol. The van der Waals surface area contributed by atoms with Gasteiger partial charge in [0.2, 0.25) is 0 Å². The molecule has 1 atom stereocenters. The van der Waals surface area contributed by atoms with Crippen LogP contribution >= 0.6 is 0 Å². The summed E-state index contributed by atoms with van der Waals surface area (Å²) in [6.45, 7) is 8.44. The first-order chi connectivity index (χ1) is 9.28. The molecule has 0 heterocycles. The lowest BCUT2D eigenvalue weighted by molar-refractivity contribution is 0.0523. The molecule has 0 saturated heterocycles. The normalized spacial score (nSPS) is 12.8. The SMILES string of the molecule is CC(CNC(=O)OC(C)(C)C)NCc1ccccc1O. The van der Waals surface area contributed by atoms with Crippen molar-refractivity contribution in [3.63, 3.8) is 0 Å². The fourth-order valence-electron chi connectivity index (χ4n) is 1.57. The largest absolute Gasteiger partial charge is 0.508 e. The first kappa shape index (κ1) is 16.3. The molecule has 0 bridgehead atoms. The number of rotatable bonds is 5. The smallest absolute Gasteiger partial charge is 0.407 e. The lowest BCUT2D eigenvalue weighted by Gasteiger charge is -2.21. The average Bonchev–Trinajstić information content (AvgIpc) is 2.33. The van der Waals surface area contributed by atoms with Gasteiger partial charge in [0.05, 0.1) is 0 Å². The zero-order chi connectivity index (χ0) is 15.2. The summed E-state index contributed by atoms with van der Waals surface area (Å²) >= 11 is 0. The zero-order valence-electron chi connectivity index (χ0n) is 12.6. The highest BCUT2D eigenvalue weighted by molar-refractivity contribution is 5.67. The number of ether oxygens (including phenoxy) is 1. The van der Waals surface area contributed by atoms with E-state index < -0.39 is 11.7 Å². The Morgan fingerprint density at radius 2 is 2.00 bits per heavy atom. The van der Waals surface area contributed by atoms with Crippen molar-refractivity contribution < 1.29 is 14.6 Å². The van der Waals surface area contributed by atoms with Crippen molar-refractivity contribution >= 4 is 6.09 Å². The van der Waals surface area contributed by atoms with Crippen molar-refractivity contribution in [1.82, 2.24) is 10.6 Å². The fraction of sp³-hybridized carbons (Fsp3) is 0.533. The van der Waals surface area contributed by atoms with Crippen LogP contribution in [0.1, 0.15) is 33.3 Å². The van der Waals surface area contributed by atoms with Crippen LogP contribution in [0.15, 0.2) is 24.3 Å². The molecule has 0 aromatic heterocycles. The molecule has 0 aliphatic rings. The van der Waals surface area contributed by atoms with E-state index in [1.54, 1.807) is 12.1 Å². The minimum Gasteiger partial charge on any atom is -0.508 e. The van der Waals surface area contributed by atoms with E-state index in [0.29, 0.717) is 13.1 Å². The van der Waals surface area contributed by atoms with Crippen molar-refractivity contribution in [3.8, 4) is 5.75 Å². The van der Waals surface area contributed by atoms with Crippen molar-refractivity contribution in [3.05, 3.63) is 29.8 Å². The highest BCUT2D eigenvalue weighted by Gasteiger charge is 2.16. The summed E-state index contributed by atoms with van der Waals surface area (Å²) in [4.78, 5) is 11.5. The monoisotopic (exact) mass is 280 g/mol. The number of amides is 1. The van der Waals surface area contributed by atoms with Crippen LogP contribution < -0.4 is 10.6 Å². The van der Waals surface area contributed by atoms with Crippen LogP contribution in [-0.4, -0.2) is 29.4 Å². The lowest BCUT2D eigenvalue weighted by atomic mass is 10.2. The molecule has 5 heteroatoms. The fourth-order valence-corrected chi connectivity index (χ4v) is 1.57. The first-order valence-corrected chi connectivity index (χ1v) is 6.75. The number of hydrogen-bond donors (Lipinski definition) is 3. The summed E-state index contributed by atoms with van der Waals surface area (Å²) in [5, 5.41) is 15.6. The number of carbonyl (C=O) groups excluding carboxylic acids is 1. The number of hydrogen-bond acceptors (Lipinski definition) is 4. The topological polar surface area (TPSA) is 70.6 Å². The summed E-state index contributed by atoms with van der Waals surface area (Å²) in [5.41, 5.74) is 0.341. The van der Waals surface area contributed by atoms with Crippen molar-refractivity contribution in [2.45, 2.75) is 45.9 Å². The Morgan fingerprint density at radius 1 is 1.35 bits per heavy atom. The van der Waals surface area contributed by atoms with E-state index in [1.807, 2.05) is 39.8 Å². The molecular formula is C15H24N2O3. The molecule has 0 spiro atoms. The minimum atomic E-state index is -0.490. The van der Waals surface area contributed by atoms with E-state index >= 15 is 0 Å². The minimum absolute atomic E-state index is 0.0714. The van der Waals surface area contributed by atoms with Crippen molar-refractivity contribution in [1.29, 1.82) is 0 Å². The molecule has 112 valence electrons. The first-order valence-electron chi connectivity index (χ1n) is 6.75. The van der Waals surface area contributed by atoms with E-state index in [2.05, 4.69) is 10.6 Å². The van der Waals surface area contributed by atoms with Gasteiger partial charge in [0.1, 0.15) is 11.4 Å². The molecule has 20 heavy (non-hydrogen) atoms. The number of carbonyl (C=O) groups is 1. The standard InChI is InChI=1S/C15H24N2O3/c1-11(9-17-14(19)20-15(2,3)4)16-10-12-7-5-6-8-13(12)18/h5-8,11,16,18H,9-10H2,1-4H3,(H,17,19). The molecule has 1 rings (SSSR count). The zero-order valence-corrected chi connectivity index (χ0v) is 12.6. The highest BCUT2D eigenvalue weighted by Crippen LogP contribution is 2.14. The highest BCUT2D eigenvalue weighted by atomic mass is 16.6. The second kappa shape index (κ2) is 7.14. The predicted molar refractivity (Wildman–Crippen MR) is 78.6 cm³/mol. The molecule has 1 amide bonds. The van der Waals surface area contributed by atoms with Gasteiger partial charge in [-0.15, -0.1) is 0 Å². The van der Waals surface area contributed by atoms with Crippen LogP contribution in [0.5, 0.6) is 5.75 Å².